The number of sulfonamides is 1. The van der Waals surface area contributed by atoms with Crippen LogP contribution in [0.5, 0.6) is 0 Å². The fourth-order valence-corrected chi connectivity index (χ4v) is 5.48. The molecule has 0 fully saturated rings. The molecule has 6 nitrogen and oxygen atoms in total. The SMILES string of the molecule is CC(C)(C)NS(=O)(=O)c1cccc(NC(=O)c2cccc3c4c([nH]c23)CCCC4)c1. The van der Waals surface area contributed by atoms with E-state index in [0.717, 1.165) is 30.2 Å². The van der Waals surface area contributed by atoms with Gasteiger partial charge in [0.2, 0.25) is 10.0 Å². The van der Waals surface area contributed by atoms with Crippen LogP contribution in [0.2, 0.25) is 0 Å². The van der Waals surface area contributed by atoms with E-state index in [1.165, 1.54) is 29.8 Å². The number of hydrogen-bond acceptors (Lipinski definition) is 3. The van der Waals surface area contributed by atoms with E-state index in [2.05, 4.69) is 21.1 Å². The summed E-state index contributed by atoms with van der Waals surface area (Å²) in [5, 5.41) is 3.95. The molecule has 158 valence electrons. The number of H-pyrrole nitrogens is 1. The minimum atomic E-state index is -3.69. The summed E-state index contributed by atoms with van der Waals surface area (Å²) in [7, 11) is -3.69. The molecule has 2 aromatic carbocycles. The molecule has 1 aliphatic rings. The highest BCUT2D eigenvalue weighted by molar-refractivity contribution is 7.89. The highest BCUT2D eigenvalue weighted by Crippen LogP contribution is 2.31. The molecular formula is C23H27N3O3S. The van der Waals surface area contributed by atoms with Crippen molar-refractivity contribution in [1.29, 1.82) is 0 Å². The van der Waals surface area contributed by atoms with Crippen LogP contribution >= 0.6 is 0 Å². The molecule has 1 aliphatic carbocycles. The molecule has 1 amide bonds. The van der Waals surface area contributed by atoms with E-state index in [0.29, 0.717) is 11.3 Å². The number of fused-ring (bicyclic) bond motifs is 3. The summed E-state index contributed by atoms with van der Waals surface area (Å²) < 4.78 is 27.9. The van der Waals surface area contributed by atoms with Gasteiger partial charge in [-0.25, -0.2) is 13.1 Å². The van der Waals surface area contributed by atoms with Crippen LogP contribution in [0.3, 0.4) is 0 Å². The Morgan fingerprint density at radius 3 is 2.53 bits per heavy atom. The van der Waals surface area contributed by atoms with Crippen LogP contribution in [0.4, 0.5) is 5.69 Å². The Morgan fingerprint density at radius 2 is 1.77 bits per heavy atom. The Bertz CT molecular complexity index is 1220. The van der Waals surface area contributed by atoms with Crippen molar-refractivity contribution in [3.05, 3.63) is 59.3 Å². The van der Waals surface area contributed by atoms with Crippen molar-refractivity contribution in [1.82, 2.24) is 9.71 Å². The molecule has 0 aliphatic heterocycles. The molecule has 0 saturated heterocycles. The van der Waals surface area contributed by atoms with Gasteiger partial charge in [-0.3, -0.25) is 4.79 Å². The highest BCUT2D eigenvalue weighted by Gasteiger charge is 2.23. The molecule has 30 heavy (non-hydrogen) atoms. The van der Waals surface area contributed by atoms with Gasteiger partial charge in [0.25, 0.3) is 5.91 Å². The third kappa shape index (κ3) is 4.13. The fourth-order valence-electron chi connectivity index (χ4n) is 4.02. The van der Waals surface area contributed by atoms with Crippen molar-refractivity contribution >= 4 is 32.5 Å². The minimum absolute atomic E-state index is 0.115. The summed E-state index contributed by atoms with van der Waals surface area (Å²) >= 11 is 0. The molecule has 0 unspecified atom stereocenters. The number of hydrogen-bond donors (Lipinski definition) is 3. The predicted molar refractivity (Wildman–Crippen MR) is 119 cm³/mol. The van der Waals surface area contributed by atoms with Gasteiger partial charge in [0.15, 0.2) is 0 Å². The first kappa shape index (κ1) is 20.6. The van der Waals surface area contributed by atoms with Crippen molar-refractivity contribution in [3.8, 4) is 0 Å². The van der Waals surface area contributed by atoms with Crippen molar-refractivity contribution in [2.75, 3.05) is 5.32 Å². The smallest absolute Gasteiger partial charge is 0.257 e. The lowest BCUT2D eigenvalue weighted by molar-refractivity contribution is 0.102. The van der Waals surface area contributed by atoms with Crippen molar-refractivity contribution in [2.24, 2.45) is 0 Å². The number of aryl methyl sites for hydroxylation is 2. The van der Waals surface area contributed by atoms with E-state index in [4.69, 9.17) is 0 Å². The van der Waals surface area contributed by atoms with Crippen LogP contribution < -0.4 is 10.0 Å². The summed E-state index contributed by atoms with van der Waals surface area (Å²) in [6.07, 6.45) is 4.36. The number of para-hydroxylation sites is 1. The largest absolute Gasteiger partial charge is 0.358 e. The molecule has 1 heterocycles. The van der Waals surface area contributed by atoms with E-state index >= 15 is 0 Å². The quantitative estimate of drug-likeness (QED) is 0.579. The number of rotatable bonds is 4. The monoisotopic (exact) mass is 425 g/mol. The lowest BCUT2D eigenvalue weighted by Gasteiger charge is -2.20. The summed E-state index contributed by atoms with van der Waals surface area (Å²) in [6.45, 7) is 5.35. The van der Waals surface area contributed by atoms with Gasteiger partial charge in [-0.1, -0.05) is 18.2 Å². The topological polar surface area (TPSA) is 91.1 Å². The molecular weight excluding hydrogens is 398 g/mol. The molecule has 3 N–H and O–H groups in total. The lowest BCUT2D eigenvalue weighted by Crippen LogP contribution is -2.40. The van der Waals surface area contributed by atoms with Gasteiger partial charge in [-0.05, 0) is 76.3 Å². The molecule has 0 atom stereocenters. The van der Waals surface area contributed by atoms with Crippen LogP contribution in [0.1, 0.15) is 55.2 Å². The fraction of sp³-hybridized carbons (Fsp3) is 0.348. The molecule has 4 rings (SSSR count). The number of carbonyl (C=O) groups is 1. The average Bonchev–Trinajstić information content (AvgIpc) is 3.05. The predicted octanol–water partition coefficient (Wildman–Crippen LogP) is 4.38. The van der Waals surface area contributed by atoms with Crippen molar-refractivity contribution < 1.29 is 13.2 Å². The lowest BCUT2D eigenvalue weighted by atomic mass is 9.95. The molecule has 0 spiro atoms. The second-order valence-electron chi connectivity index (χ2n) is 8.85. The number of anilines is 1. The zero-order valence-electron chi connectivity index (χ0n) is 17.5. The maximum absolute atomic E-state index is 13.0. The molecule has 0 radical (unpaired) electrons. The van der Waals surface area contributed by atoms with Gasteiger partial charge in [0.1, 0.15) is 0 Å². The van der Waals surface area contributed by atoms with E-state index < -0.39 is 15.6 Å². The summed E-state index contributed by atoms with van der Waals surface area (Å²) in [5.41, 5.74) is 3.78. The van der Waals surface area contributed by atoms with E-state index in [1.54, 1.807) is 39.0 Å². The first-order valence-electron chi connectivity index (χ1n) is 10.2. The Balaban J connectivity index is 1.63. The van der Waals surface area contributed by atoms with E-state index in [-0.39, 0.29) is 10.8 Å². The van der Waals surface area contributed by atoms with E-state index in [1.807, 2.05) is 6.07 Å². The van der Waals surface area contributed by atoms with Crippen LogP contribution in [0.25, 0.3) is 10.9 Å². The summed E-state index contributed by atoms with van der Waals surface area (Å²) in [5.74, 6) is -0.266. The van der Waals surface area contributed by atoms with Crippen LogP contribution in [-0.4, -0.2) is 24.8 Å². The molecule has 1 aromatic heterocycles. The number of carbonyl (C=O) groups excluding carboxylic acids is 1. The van der Waals surface area contributed by atoms with Gasteiger partial charge >= 0.3 is 0 Å². The Hall–Kier alpha value is -2.64. The third-order valence-corrected chi connectivity index (χ3v) is 6.98. The van der Waals surface area contributed by atoms with Gasteiger partial charge in [0, 0.05) is 22.3 Å². The summed E-state index contributed by atoms with van der Waals surface area (Å²) in [6, 6.07) is 12.1. The maximum atomic E-state index is 13.0. The van der Waals surface area contributed by atoms with Gasteiger partial charge in [-0.15, -0.1) is 0 Å². The van der Waals surface area contributed by atoms with Crippen LogP contribution in [-0.2, 0) is 22.9 Å². The number of nitrogens with one attached hydrogen (secondary N) is 3. The normalized spacial score (nSPS) is 14.5. The Kier molecular flexibility index (Phi) is 5.20. The minimum Gasteiger partial charge on any atom is -0.358 e. The first-order chi connectivity index (χ1) is 14.1. The molecule has 0 saturated carbocycles. The Labute approximate surface area is 177 Å². The summed E-state index contributed by atoms with van der Waals surface area (Å²) in [4.78, 5) is 16.6. The standard InChI is InChI=1S/C23H27N3O3S/c1-23(2,3)26-30(28,29)16-9-6-8-15(14-16)24-22(27)19-12-7-11-18-17-10-4-5-13-20(17)25-21(18)19/h6-9,11-12,14,25-26H,4-5,10,13H2,1-3H3,(H,24,27). The third-order valence-electron chi connectivity index (χ3n) is 5.22. The zero-order valence-corrected chi connectivity index (χ0v) is 18.3. The number of aromatic nitrogens is 1. The van der Waals surface area contributed by atoms with E-state index in [9.17, 15) is 13.2 Å². The number of aromatic amines is 1. The first-order valence-corrected chi connectivity index (χ1v) is 11.7. The Morgan fingerprint density at radius 1 is 1.03 bits per heavy atom. The molecule has 3 aromatic rings. The van der Waals surface area contributed by atoms with Crippen molar-refractivity contribution in [2.45, 2.75) is 56.9 Å². The second-order valence-corrected chi connectivity index (χ2v) is 10.5. The zero-order chi connectivity index (χ0) is 21.5. The van der Waals surface area contributed by atoms with Crippen molar-refractivity contribution in [3.63, 3.8) is 0 Å². The van der Waals surface area contributed by atoms with Gasteiger partial charge in [-0.2, -0.15) is 0 Å². The van der Waals surface area contributed by atoms with Crippen LogP contribution in [0, 0.1) is 0 Å². The second kappa shape index (κ2) is 7.56. The van der Waals surface area contributed by atoms with Crippen LogP contribution in [0.15, 0.2) is 47.4 Å². The number of benzene rings is 2. The molecule has 0 bridgehead atoms. The highest BCUT2D eigenvalue weighted by atomic mass is 32.2. The number of amides is 1. The van der Waals surface area contributed by atoms with Gasteiger partial charge < -0.3 is 10.3 Å². The van der Waals surface area contributed by atoms with Gasteiger partial charge in [0.05, 0.1) is 16.0 Å². The average molecular weight is 426 g/mol. The maximum Gasteiger partial charge on any atom is 0.257 e. The molecule has 7 heteroatoms.